The van der Waals surface area contributed by atoms with Crippen molar-refractivity contribution < 1.29 is 9.53 Å². The number of carbonyl (C=O) groups excluding carboxylic acids is 1. The molecule has 0 saturated carbocycles. The van der Waals surface area contributed by atoms with Crippen LogP contribution in [0.3, 0.4) is 0 Å². The minimum absolute atomic E-state index is 0.263. The van der Waals surface area contributed by atoms with E-state index in [1.54, 1.807) is 0 Å². The average Bonchev–Trinajstić information content (AvgIpc) is 2.19. The Kier molecular flexibility index (Phi) is 4.33. The number of Topliss-reactive ketones (excluding diaryl/α,β-unsaturated/α-hetero) is 1. The van der Waals surface area contributed by atoms with E-state index in [9.17, 15) is 4.79 Å². The summed E-state index contributed by atoms with van der Waals surface area (Å²) >= 11 is 0. The van der Waals surface area contributed by atoms with Gasteiger partial charge in [-0.05, 0) is 39.0 Å². The Morgan fingerprint density at radius 3 is 2.93 bits per heavy atom. The predicted octanol–water partition coefficient (Wildman–Crippen LogP) is 2.87. The van der Waals surface area contributed by atoms with Gasteiger partial charge >= 0.3 is 0 Å². The molecule has 0 N–H and O–H groups in total. The molecule has 1 atom stereocenters. The fourth-order valence-electron chi connectivity index (χ4n) is 1.83. The Bertz CT molecular complexity index is 202. The summed E-state index contributed by atoms with van der Waals surface area (Å²) in [4.78, 5) is 11.8. The maximum Gasteiger partial charge on any atom is 0.164 e. The van der Waals surface area contributed by atoms with Gasteiger partial charge < -0.3 is 4.74 Å². The first-order valence-corrected chi connectivity index (χ1v) is 5.47. The Labute approximate surface area is 86.3 Å². The molecule has 0 spiro atoms. The fourth-order valence-corrected chi connectivity index (χ4v) is 1.83. The van der Waals surface area contributed by atoms with Crippen molar-refractivity contribution in [2.24, 2.45) is 0 Å². The average molecular weight is 196 g/mol. The molecule has 0 aromatic carbocycles. The monoisotopic (exact) mass is 196 g/mol. The van der Waals surface area contributed by atoms with Gasteiger partial charge in [0.05, 0.1) is 0 Å². The van der Waals surface area contributed by atoms with Crippen molar-refractivity contribution in [2.75, 3.05) is 6.61 Å². The molecule has 2 heteroatoms. The van der Waals surface area contributed by atoms with E-state index in [0.717, 1.165) is 38.7 Å². The molecule has 2 nitrogen and oxygen atoms in total. The molecule has 1 fully saturated rings. The highest BCUT2D eigenvalue weighted by Crippen LogP contribution is 2.26. The second kappa shape index (κ2) is 5.30. The normalized spacial score (nSPS) is 27.2. The number of allylic oxidation sites excluding steroid dienone is 1. The molecule has 14 heavy (non-hydrogen) atoms. The van der Waals surface area contributed by atoms with E-state index >= 15 is 0 Å². The van der Waals surface area contributed by atoms with E-state index in [0.29, 0.717) is 6.42 Å². The quantitative estimate of drug-likeness (QED) is 0.499. The van der Waals surface area contributed by atoms with Gasteiger partial charge in [-0.25, -0.2) is 0 Å². The van der Waals surface area contributed by atoms with Crippen molar-refractivity contribution in [3.8, 4) is 0 Å². The largest absolute Gasteiger partial charge is 0.368 e. The molecule has 0 aliphatic carbocycles. The molecule has 0 bridgehead atoms. The van der Waals surface area contributed by atoms with E-state index in [-0.39, 0.29) is 5.78 Å². The number of ether oxygens (including phenoxy) is 1. The van der Waals surface area contributed by atoms with Crippen LogP contribution in [0.15, 0.2) is 12.7 Å². The number of carbonyl (C=O) groups is 1. The van der Waals surface area contributed by atoms with E-state index in [1.807, 2.05) is 13.0 Å². The summed E-state index contributed by atoms with van der Waals surface area (Å²) in [5.74, 6) is 0.263. The van der Waals surface area contributed by atoms with Gasteiger partial charge in [0.2, 0.25) is 0 Å². The first-order chi connectivity index (χ1) is 6.69. The summed E-state index contributed by atoms with van der Waals surface area (Å²) in [6.45, 7) is 6.32. The maximum absolute atomic E-state index is 11.8. The van der Waals surface area contributed by atoms with Gasteiger partial charge in [0.1, 0.15) is 5.60 Å². The molecule has 1 aliphatic rings. The maximum atomic E-state index is 11.8. The van der Waals surface area contributed by atoms with Crippen LogP contribution in [-0.2, 0) is 9.53 Å². The zero-order valence-corrected chi connectivity index (χ0v) is 9.05. The Hall–Kier alpha value is -0.630. The van der Waals surface area contributed by atoms with Crippen molar-refractivity contribution in [2.45, 2.75) is 51.0 Å². The van der Waals surface area contributed by atoms with Crippen LogP contribution in [0.5, 0.6) is 0 Å². The molecule has 1 aliphatic heterocycles. The third-order valence-corrected chi connectivity index (χ3v) is 2.87. The molecule has 1 heterocycles. The molecule has 80 valence electrons. The minimum atomic E-state index is -0.487. The van der Waals surface area contributed by atoms with Crippen LogP contribution in [0.2, 0.25) is 0 Å². The summed E-state index contributed by atoms with van der Waals surface area (Å²) in [5, 5.41) is 0. The zero-order valence-electron chi connectivity index (χ0n) is 9.05. The van der Waals surface area contributed by atoms with E-state index < -0.39 is 5.60 Å². The van der Waals surface area contributed by atoms with Crippen molar-refractivity contribution >= 4 is 5.78 Å². The van der Waals surface area contributed by atoms with Crippen LogP contribution in [-0.4, -0.2) is 18.0 Å². The lowest BCUT2D eigenvalue weighted by atomic mass is 9.89. The summed E-state index contributed by atoms with van der Waals surface area (Å²) in [5.41, 5.74) is -0.487. The Morgan fingerprint density at radius 1 is 1.57 bits per heavy atom. The molecular weight excluding hydrogens is 176 g/mol. The van der Waals surface area contributed by atoms with Crippen molar-refractivity contribution in [3.05, 3.63) is 12.7 Å². The SMILES string of the molecule is C=CCCCC(=O)C1(C)CCCCO1. The van der Waals surface area contributed by atoms with Crippen molar-refractivity contribution in [1.82, 2.24) is 0 Å². The smallest absolute Gasteiger partial charge is 0.164 e. The molecule has 1 unspecified atom stereocenters. The molecular formula is C12H20O2. The minimum Gasteiger partial charge on any atom is -0.368 e. The van der Waals surface area contributed by atoms with Crippen LogP contribution in [0.25, 0.3) is 0 Å². The van der Waals surface area contributed by atoms with Gasteiger partial charge in [-0.2, -0.15) is 0 Å². The van der Waals surface area contributed by atoms with E-state index in [2.05, 4.69) is 6.58 Å². The lowest BCUT2D eigenvalue weighted by Crippen LogP contribution is -2.41. The second-order valence-electron chi connectivity index (χ2n) is 4.14. The lowest BCUT2D eigenvalue weighted by Gasteiger charge is -2.32. The molecule has 0 aromatic heterocycles. The first-order valence-electron chi connectivity index (χ1n) is 5.47. The molecule has 1 saturated heterocycles. The molecule has 0 radical (unpaired) electrons. The summed E-state index contributed by atoms with van der Waals surface area (Å²) in [6, 6.07) is 0. The fraction of sp³-hybridized carbons (Fsp3) is 0.750. The predicted molar refractivity (Wildman–Crippen MR) is 57.3 cm³/mol. The van der Waals surface area contributed by atoms with Crippen LogP contribution >= 0.6 is 0 Å². The topological polar surface area (TPSA) is 26.3 Å². The first kappa shape index (κ1) is 11.4. The standard InChI is InChI=1S/C12H20O2/c1-3-4-5-8-11(13)12(2)9-6-7-10-14-12/h3H,1,4-10H2,2H3. The van der Waals surface area contributed by atoms with Crippen molar-refractivity contribution in [3.63, 3.8) is 0 Å². The van der Waals surface area contributed by atoms with Gasteiger partial charge in [0.15, 0.2) is 5.78 Å². The second-order valence-corrected chi connectivity index (χ2v) is 4.14. The summed E-state index contributed by atoms with van der Waals surface area (Å²) in [6.07, 6.45) is 7.40. The van der Waals surface area contributed by atoms with Crippen LogP contribution in [0.1, 0.15) is 45.4 Å². The van der Waals surface area contributed by atoms with Gasteiger partial charge in [0, 0.05) is 13.0 Å². The number of hydrogen-bond acceptors (Lipinski definition) is 2. The van der Waals surface area contributed by atoms with Gasteiger partial charge in [0.25, 0.3) is 0 Å². The molecule has 0 amide bonds. The molecule has 1 rings (SSSR count). The third kappa shape index (κ3) is 2.95. The highest BCUT2D eigenvalue weighted by atomic mass is 16.5. The Morgan fingerprint density at radius 2 is 2.36 bits per heavy atom. The summed E-state index contributed by atoms with van der Waals surface area (Å²) < 4.78 is 5.58. The van der Waals surface area contributed by atoms with E-state index in [1.165, 1.54) is 0 Å². The third-order valence-electron chi connectivity index (χ3n) is 2.87. The van der Waals surface area contributed by atoms with Gasteiger partial charge in [-0.1, -0.05) is 6.08 Å². The number of rotatable bonds is 5. The van der Waals surface area contributed by atoms with Gasteiger partial charge in [-0.3, -0.25) is 4.79 Å². The van der Waals surface area contributed by atoms with Crippen LogP contribution < -0.4 is 0 Å². The number of hydrogen-bond donors (Lipinski definition) is 0. The number of ketones is 1. The van der Waals surface area contributed by atoms with Crippen LogP contribution in [0, 0.1) is 0 Å². The zero-order chi connectivity index (χ0) is 10.4. The van der Waals surface area contributed by atoms with Gasteiger partial charge in [-0.15, -0.1) is 6.58 Å². The van der Waals surface area contributed by atoms with Crippen molar-refractivity contribution in [1.29, 1.82) is 0 Å². The molecule has 0 aromatic rings. The lowest BCUT2D eigenvalue weighted by molar-refractivity contribution is -0.148. The highest BCUT2D eigenvalue weighted by Gasteiger charge is 2.34. The summed E-state index contributed by atoms with van der Waals surface area (Å²) in [7, 11) is 0. The Balaban J connectivity index is 2.36. The number of unbranched alkanes of at least 4 members (excludes halogenated alkanes) is 1. The highest BCUT2D eigenvalue weighted by molar-refractivity contribution is 5.86. The van der Waals surface area contributed by atoms with Crippen LogP contribution in [0.4, 0.5) is 0 Å². The van der Waals surface area contributed by atoms with E-state index in [4.69, 9.17) is 4.74 Å².